The Balaban J connectivity index is 0.000000395. The van der Waals surface area contributed by atoms with Crippen molar-refractivity contribution in [1.29, 1.82) is 0 Å². The van der Waals surface area contributed by atoms with Crippen molar-refractivity contribution in [1.82, 2.24) is 0 Å². The van der Waals surface area contributed by atoms with Crippen LogP contribution in [-0.2, 0) is 4.43 Å². The van der Waals surface area contributed by atoms with Crippen molar-refractivity contribution in [2.24, 2.45) is 0 Å². The topological polar surface area (TPSA) is 9.23 Å². The van der Waals surface area contributed by atoms with E-state index in [-0.39, 0.29) is 29.8 Å². The van der Waals surface area contributed by atoms with Crippen molar-refractivity contribution in [3.63, 3.8) is 0 Å². The van der Waals surface area contributed by atoms with Gasteiger partial charge in [0.05, 0.1) is 0 Å². The summed E-state index contributed by atoms with van der Waals surface area (Å²) < 4.78 is 6.90. The number of halogens is 1. The first-order valence-corrected chi connectivity index (χ1v) is 17.1. The summed E-state index contributed by atoms with van der Waals surface area (Å²) >= 11 is 0. The molecular weight excluding hydrogens is 562 g/mol. The highest BCUT2D eigenvalue weighted by atomic mass is 127. The fourth-order valence-corrected chi connectivity index (χ4v) is 11.4. The second-order valence-corrected chi connectivity index (χ2v) is 17.4. The van der Waals surface area contributed by atoms with E-state index in [1.165, 1.54) is 27.0 Å². The van der Waals surface area contributed by atoms with Gasteiger partial charge in [-0.25, -0.2) is 0 Å². The van der Waals surface area contributed by atoms with Crippen LogP contribution in [-0.4, -0.2) is 14.2 Å². The van der Waals surface area contributed by atoms with Gasteiger partial charge in [0.15, 0.2) is 14.2 Å². The minimum Gasteiger partial charge on any atom is -1.00 e. The largest absolute Gasteiger partial charge is 1.00 e. The van der Waals surface area contributed by atoms with Crippen molar-refractivity contribution in [2.45, 2.75) is 38.8 Å². The van der Waals surface area contributed by atoms with Gasteiger partial charge in [0.1, 0.15) is 23.2 Å². The first kappa shape index (κ1) is 26.8. The third kappa shape index (κ3) is 6.06. The van der Waals surface area contributed by atoms with Gasteiger partial charge in [-0.15, -0.1) is 0 Å². The molecule has 176 valence electrons. The Hall–Kier alpha value is -1.78. The normalized spacial score (nSPS) is 12.6. The van der Waals surface area contributed by atoms with E-state index >= 15 is 0 Å². The van der Waals surface area contributed by atoms with E-state index in [1.807, 2.05) is 0 Å². The molecule has 0 aliphatic heterocycles. The third-order valence-electron chi connectivity index (χ3n) is 5.87. The minimum absolute atomic E-state index is 0. The molecule has 5 rings (SSSR count). The Bertz CT molecular complexity index is 1050. The summed E-state index contributed by atoms with van der Waals surface area (Å²) in [5.74, 6) is 0.177. The number of benzene rings is 4. The van der Waals surface area contributed by atoms with Crippen LogP contribution >= 0.6 is 7.26 Å². The monoisotopic (exact) mass is 596 g/mol. The highest BCUT2D eigenvalue weighted by Gasteiger charge is 2.53. The molecule has 0 bridgehead atoms. The molecule has 0 N–H and O–H groups in total. The zero-order valence-corrected chi connectivity index (χ0v) is 24.5. The Kier molecular flexibility index (Phi) is 9.28. The lowest BCUT2D eigenvalue weighted by Gasteiger charge is -2.37. The number of hydrogen-bond donors (Lipinski definition) is 0. The number of fused-ring (bicyclic) bond motifs is 1. The summed E-state index contributed by atoms with van der Waals surface area (Å²) in [6.45, 7) is 9.16. The number of rotatable bonds is 7. The van der Waals surface area contributed by atoms with Crippen molar-refractivity contribution in [2.75, 3.05) is 0 Å². The number of hydrogen-bond acceptors (Lipinski definition) is 1. The van der Waals surface area contributed by atoms with Gasteiger partial charge in [-0.05, 0) is 73.2 Å². The van der Waals surface area contributed by atoms with Crippen LogP contribution in [0.3, 0.4) is 0 Å². The molecule has 1 nitrogen and oxygen atoms in total. The Labute approximate surface area is 224 Å². The van der Waals surface area contributed by atoms with Crippen molar-refractivity contribution >= 4 is 31.5 Å². The van der Waals surface area contributed by atoms with Crippen LogP contribution in [0.25, 0.3) is 11.1 Å². The molecule has 2 aliphatic rings. The molecule has 0 heterocycles. The van der Waals surface area contributed by atoms with Crippen LogP contribution < -0.4 is 39.9 Å². The van der Waals surface area contributed by atoms with Crippen LogP contribution in [0.4, 0.5) is 0 Å². The molecule has 0 radical (unpaired) electrons. The smallest absolute Gasteiger partial charge is 0.188 e. The van der Waals surface area contributed by atoms with Crippen LogP contribution in [0.1, 0.15) is 13.3 Å². The lowest BCUT2D eigenvalue weighted by molar-refractivity contribution is -0.00000787. The van der Waals surface area contributed by atoms with E-state index in [2.05, 4.69) is 142 Å². The molecule has 2 aliphatic carbocycles. The molecule has 0 spiro atoms. The molecule has 0 amide bonds. The van der Waals surface area contributed by atoms with Gasteiger partial charge in [0.25, 0.3) is 0 Å². The quantitative estimate of drug-likeness (QED) is 0.155. The molecule has 4 heteroatoms. The fraction of sp³-hybridized carbons (Fsp3) is 0.200. The SMILES string of the molecule is CCC(O[Si](C)(C)C)[P+](c1ccccc1)(c1ccccc1)c1ccccc1.[I-].c1cc2cc-2c1. The summed E-state index contributed by atoms with van der Waals surface area (Å²) in [7, 11) is -3.67. The molecular formula is C30H34IOPSi. The molecule has 0 aromatic heterocycles. The molecule has 3 aromatic carbocycles. The van der Waals surface area contributed by atoms with E-state index in [9.17, 15) is 0 Å². The second kappa shape index (κ2) is 11.8. The summed E-state index contributed by atoms with van der Waals surface area (Å²) in [4.78, 5) is 0. The van der Waals surface area contributed by atoms with Crippen molar-refractivity contribution in [3.05, 3.63) is 115 Å². The predicted octanol–water partition coefficient (Wildman–Crippen LogP) is 4.24. The Morgan fingerprint density at radius 3 is 1.24 bits per heavy atom. The average molecular weight is 597 g/mol. The summed E-state index contributed by atoms with van der Waals surface area (Å²) in [5.41, 5.74) is 2.85. The average Bonchev–Trinajstić information content (AvgIpc) is 3.44. The van der Waals surface area contributed by atoms with E-state index in [1.54, 1.807) is 0 Å². The highest BCUT2D eigenvalue weighted by molar-refractivity contribution is 7.96. The Morgan fingerprint density at radius 2 is 1.00 bits per heavy atom. The van der Waals surface area contributed by atoms with Crippen molar-refractivity contribution in [3.8, 4) is 11.1 Å². The molecule has 3 aromatic rings. The molecule has 0 saturated heterocycles. The summed E-state index contributed by atoms with van der Waals surface area (Å²) in [5, 5.41) is 4.19. The first-order valence-electron chi connectivity index (χ1n) is 11.8. The van der Waals surface area contributed by atoms with Crippen molar-refractivity contribution < 1.29 is 28.4 Å². The Morgan fingerprint density at radius 1 is 0.618 bits per heavy atom. The van der Waals surface area contributed by atoms with E-state index < -0.39 is 15.6 Å². The molecule has 34 heavy (non-hydrogen) atoms. The maximum atomic E-state index is 6.90. The molecule has 0 saturated carbocycles. The lowest BCUT2D eigenvalue weighted by Crippen LogP contribution is -3.00. The van der Waals surface area contributed by atoms with Gasteiger partial charge in [-0.2, -0.15) is 0 Å². The van der Waals surface area contributed by atoms with Crippen LogP contribution in [0.2, 0.25) is 19.6 Å². The lowest BCUT2D eigenvalue weighted by atomic mass is 10.3. The van der Waals surface area contributed by atoms with Gasteiger partial charge in [0, 0.05) is 6.42 Å². The van der Waals surface area contributed by atoms with Crippen LogP contribution in [0, 0.1) is 0 Å². The molecule has 1 unspecified atom stereocenters. The third-order valence-corrected chi connectivity index (χ3v) is 11.7. The highest BCUT2D eigenvalue weighted by Crippen LogP contribution is 2.61. The zero-order chi connectivity index (χ0) is 23.3. The maximum Gasteiger partial charge on any atom is 0.188 e. The van der Waals surface area contributed by atoms with Gasteiger partial charge >= 0.3 is 0 Å². The fourth-order valence-electron chi connectivity index (χ4n) is 4.46. The van der Waals surface area contributed by atoms with Gasteiger partial charge < -0.3 is 28.4 Å². The zero-order valence-electron chi connectivity index (χ0n) is 20.5. The first-order chi connectivity index (χ1) is 15.9. The summed E-state index contributed by atoms with van der Waals surface area (Å²) in [6, 6.07) is 41.6. The van der Waals surface area contributed by atoms with Gasteiger partial charge in [-0.3, -0.25) is 0 Å². The van der Waals surface area contributed by atoms with Crippen LogP contribution in [0.15, 0.2) is 115 Å². The summed E-state index contributed by atoms with van der Waals surface area (Å²) in [6.07, 6.45) is 0.997. The van der Waals surface area contributed by atoms with Crippen LogP contribution in [0.5, 0.6) is 0 Å². The standard InChI is InChI=1S/C24H30OPSi.C6H4.HI/c1-5-24(25-27(2,3)4)26(21-15-9-6-10-16-21,22-17-11-7-12-18-22)23-19-13-8-14-20-23;1-2-5-4-6(5)3-1;/h6-20,24H,5H2,1-4H3;1-4H;1H/q+1;;/p-1. The molecule has 1 atom stereocenters. The van der Waals surface area contributed by atoms with E-state index in [4.69, 9.17) is 4.43 Å². The van der Waals surface area contributed by atoms with E-state index in [0.717, 1.165) is 6.42 Å². The second-order valence-electron chi connectivity index (χ2n) is 9.40. The predicted molar refractivity (Wildman–Crippen MR) is 149 cm³/mol. The van der Waals surface area contributed by atoms with E-state index in [0.29, 0.717) is 0 Å². The minimum atomic E-state index is -1.95. The van der Waals surface area contributed by atoms with Gasteiger partial charge in [-0.1, -0.05) is 79.7 Å². The maximum absolute atomic E-state index is 6.90. The van der Waals surface area contributed by atoms with Gasteiger partial charge in [0.2, 0.25) is 0 Å². The molecule has 0 fully saturated rings.